The van der Waals surface area contributed by atoms with Gasteiger partial charge in [0.05, 0.1) is 25.2 Å². The molecule has 0 saturated carbocycles. The number of carbonyl (C=O) groups is 2. The summed E-state index contributed by atoms with van der Waals surface area (Å²) in [5.74, 6) is -1.23. The SMILES string of the molecule is CCC(=O)OCN1C(=O)C2C(C3(C)OCCO3)=CC21. The lowest BCUT2D eigenvalue weighted by atomic mass is 9.68. The van der Waals surface area contributed by atoms with Gasteiger partial charge in [-0.2, -0.15) is 0 Å². The first-order chi connectivity index (χ1) is 9.07. The van der Waals surface area contributed by atoms with E-state index in [1.807, 2.05) is 13.0 Å². The van der Waals surface area contributed by atoms with Crippen molar-refractivity contribution in [3.05, 3.63) is 11.6 Å². The monoisotopic (exact) mass is 267 g/mol. The van der Waals surface area contributed by atoms with Gasteiger partial charge in [-0.05, 0) is 6.92 Å². The molecular formula is C13H17NO5. The largest absolute Gasteiger partial charge is 0.444 e. The molecule has 0 aromatic heterocycles. The lowest BCUT2D eigenvalue weighted by Crippen LogP contribution is -2.68. The van der Waals surface area contributed by atoms with Gasteiger partial charge in [0.1, 0.15) is 0 Å². The number of fused-ring (bicyclic) bond motifs is 1. The van der Waals surface area contributed by atoms with E-state index in [2.05, 4.69) is 0 Å². The summed E-state index contributed by atoms with van der Waals surface area (Å²) in [7, 11) is 0. The fourth-order valence-corrected chi connectivity index (χ4v) is 2.75. The minimum absolute atomic E-state index is 0.0215. The van der Waals surface area contributed by atoms with Gasteiger partial charge in [0, 0.05) is 12.0 Å². The first-order valence-electron chi connectivity index (χ1n) is 6.53. The standard InChI is InChI=1S/C13H17NO5/c1-3-10(15)17-7-14-9-6-8(11(9)12(14)16)13(2)18-4-5-19-13/h6,9,11H,3-5,7H2,1-2H3. The number of β-lactam (4-membered cyclic amide) rings is 1. The molecule has 6 heteroatoms. The van der Waals surface area contributed by atoms with E-state index in [0.29, 0.717) is 19.6 Å². The van der Waals surface area contributed by atoms with Gasteiger partial charge in [-0.3, -0.25) is 9.59 Å². The Morgan fingerprint density at radius 3 is 2.79 bits per heavy atom. The van der Waals surface area contributed by atoms with Crippen LogP contribution >= 0.6 is 0 Å². The molecule has 0 spiro atoms. The van der Waals surface area contributed by atoms with E-state index in [1.165, 1.54) is 0 Å². The van der Waals surface area contributed by atoms with E-state index in [4.69, 9.17) is 14.2 Å². The second kappa shape index (κ2) is 4.31. The number of hydrogen-bond acceptors (Lipinski definition) is 5. The normalized spacial score (nSPS) is 31.2. The van der Waals surface area contributed by atoms with Crippen molar-refractivity contribution in [3.63, 3.8) is 0 Å². The Bertz CT molecular complexity index is 452. The van der Waals surface area contributed by atoms with Crippen molar-refractivity contribution in [2.45, 2.75) is 32.1 Å². The second-order valence-corrected chi connectivity index (χ2v) is 5.04. The van der Waals surface area contributed by atoms with Crippen molar-refractivity contribution in [1.82, 2.24) is 4.90 Å². The molecule has 0 radical (unpaired) electrons. The van der Waals surface area contributed by atoms with Gasteiger partial charge < -0.3 is 19.1 Å². The summed E-state index contributed by atoms with van der Waals surface area (Å²) in [5.41, 5.74) is 0.901. The fourth-order valence-electron chi connectivity index (χ4n) is 2.75. The lowest BCUT2D eigenvalue weighted by Gasteiger charge is -2.54. The zero-order valence-electron chi connectivity index (χ0n) is 11.0. The fraction of sp³-hybridized carbons (Fsp3) is 0.692. The molecule has 6 nitrogen and oxygen atoms in total. The molecular weight excluding hydrogens is 250 g/mol. The van der Waals surface area contributed by atoms with Crippen LogP contribution in [-0.2, 0) is 23.8 Å². The van der Waals surface area contributed by atoms with Gasteiger partial charge in [0.15, 0.2) is 12.5 Å². The third-order valence-electron chi connectivity index (χ3n) is 3.95. The topological polar surface area (TPSA) is 65.1 Å². The van der Waals surface area contributed by atoms with Crippen LogP contribution in [0, 0.1) is 5.92 Å². The van der Waals surface area contributed by atoms with Gasteiger partial charge in [-0.25, -0.2) is 0 Å². The second-order valence-electron chi connectivity index (χ2n) is 5.04. The number of carbonyl (C=O) groups excluding carboxylic acids is 2. The average Bonchev–Trinajstić information content (AvgIpc) is 2.79. The molecule has 2 fully saturated rings. The number of rotatable bonds is 4. The zero-order chi connectivity index (χ0) is 13.6. The first-order valence-corrected chi connectivity index (χ1v) is 6.53. The Hall–Kier alpha value is -1.40. The smallest absolute Gasteiger partial charge is 0.307 e. The minimum Gasteiger partial charge on any atom is -0.444 e. The molecule has 1 aliphatic carbocycles. The predicted molar refractivity (Wildman–Crippen MR) is 63.8 cm³/mol. The van der Waals surface area contributed by atoms with Crippen LogP contribution in [0.1, 0.15) is 20.3 Å². The molecule has 3 rings (SSSR count). The van der Waals surface area contributed by atoms with Gasteiger partial charge in [-0.15, -0.1) is 0 Å². The Morgan fingerprint density at radius 2 is 2.21 bits per heavy atom. The summed E-state index contributed by atoms with van der Waals surface area (Å²) in [5, 5.41) is 0. The molecule has 1 amide bonds. The Labute approximate surface area is 111 Å². The highest BCUT2D eigenvalue weighted by Crippen LogP contribution is 2.49. The number of amides is 1. The summed E-state index contributed by atoms with van der Waals surface area (Å²) in [6, 6.07) is 0.0248. The zero-order valence-corrected chi connectivity index (χ0v) is 11.0. The molecule has 19 heavy (non-hydrogen) atoms. The highest BCUT2D eigenvalue weighted by molar-refractivity contribution is 5.93. The number of likely N-dealkylation sites (tertiary alicyclic amines) is 1. The Kier molecular flexibility index (Phi) is 2.87. The molecule has 0 bridgehead atoms. The van der Waals surface area contributed by atoms with Crippen molar-refractivity contribution in [2.24, 2.45) is 5.92 Å². The van der Waals surface area contributed by atoms with E-state index in [1.54, 1.807) is 11.8 Å². The van der Waals surface area contributed by atoms with Crippen LogP contribution in [0.2, 0.25) is 0 Å². The quantitative estimate of drug-likeness (QED) is 0.420. The van der Waals surface area contributed by atoms with Crippen molar-refractivity contribution in [3.8, 4) is 0 Å². The van der Waals surface area contributed by atoms with E-state index in [0.717, 1.165) is 5.57 Å². The summed E-state index contributed by atoms with van der Waals surface area (Å²) < 4.78 is 16.1. The molecule has 0 aromatic rings. The third kappa shape index (κ3) is 1.78. The van der Waals surface area contributed by atoms with Crippen molar-refractivity contribution >= 4 is 11.9 Å². The van der Waals surface area contributed by atoms with Crippen molar-refractivity contribution in [2.75, 3.05) is 19.9 Å². The van der Waals surface area contributed by atoms with E-state index >= 15 is 0 Å². The lowest BCUT2D eigenvalue weighted by molar-refractivity contribution is -0.179. The summed E-state index contributed by atoms with van der Waals surface area (Å²) in [6.45, 7) is 4.71. The molecule has 0 N–H and O–H groups in total. The third-order valence-corrected chi connectivity index (χ3v) is 3.95. The molecule has 104 valence electrons. The van der Waals surface area contributed by atoms with E-state index in [9.17, 15) is 9.59 Å². The Balaban J connectivity index is 1.62. The van der Waals surface area contributed by atoms with E-state index in [-0.39, 0.29) is 30.6 Å². The van der Waals surface area contributed by atoms with Crippen LogP contribution in [0.3, 0.4) is 0 Å². The van der Waals surface area contributed by atoms with Gasteiger partial charge in [0.25, 0.3) is 0 Å². The van der Waals surface area contributed by atoms with Crippen LogP contribution in [0.4, 0.5) is 0 Å². The summed E-state index contributed by atoms with van der Waals surface area (Å²) in [4.78, 5) is 24.6. The molecule has 2 aliphatic heterocycles. The van der Waals surface area contributed by atoms with E-state index < -0.39 is 5.79 Å². The summed E-state index contributed by atoms with van der Waals surface area (Å²) in [6.07, 6.45) is 2.29. The number of esters is 1. The Morgan fingerprint density at radius 1 is 1.53 bits per heavy atom. The maximum Gasteiger partial charge on any atom is 0.307 e. The van der Waals surface area contributed by atoms with Crippen LogP contribution < -0.4 is 0 Å². The predicted octanol–water partition coefficient (Wildman–Crippen LogP) is 0.427. The van der Waals surface area contributed by atoms with Crippen LogP contribution in [0.15, 0.2) is 11.6 Å². The van der Waals surface area contributed by atoms with Crippen LogP contribution in [0.25, 0.3) is 0 Å². The molecule has 2 heterocycles. The van der Waals surface area contributed by atoms with Crippen molar-refractivity contribution in [1.29, 1.82) is 0 Å². The molecule has 3 aliphatic rings. The molecule has 2 unspecified atom stereocenters. The molecule has 0 aromatic carbocycles. The maximum absolute atomic E-state index is 12.0. The van der Waals surface area contributed by atoms with Crippen molar-refractivity contribution < 1.29 is 23.8 Å². The van der Waals surface area contributed by atoms with Crippen LogP contribution in [-0.4, -0.2) is 48.5 Å². The molecule has 2 saturated heterocycles. The van der Waals surface area contributed by atoms with Gasteiger partial charge in [-0.1, -0.05) is 13.0 Å². The number of hydrogen-bond donors (Lipinski definition) is 0. The van der Waals surface area contributed by atoms with Crippen LogP contribution in [0.5, 0.6) is 0 Å². The summed E-state index contributed by atoms with van der Waals surface area (Å²) >= 11 is 0. The van der Waals surface area contributed by atoms with Gasteiger partial charge >= 0.3 is 5.97 Å². The minimum atomic E-state index is -0.747. The first kappa shape index (κ1) is 12.6. The highest BCUT2D eigenvalue weighted by atomic mass is 16.7. The number of nitrogens with zero attached hydrogens (tertiary/aromatic N) is 1. The average molecular weight is 267 g/mol. The number of ether oxygens (including phenoxy) is 3. The van der Waals surface area contributed by atoms with Gasteiger partial charge in [0.2, 0.25) is 5.91 Å². The molecule has 2 atom stereocenters. The maximum atomic E-state index is 12.0. The highest BCUT2D eigenvalue weighted by Gasteiger charge is 2.60.